The van der Waals surface area contributed by atoms with E-state index in [1.165, 1.54) is 4.68 Å². The van der Waals surface area contributed by atoms with Gasteiger partial charge in [0.2, 0.25) is 5.91 Å². The van der Waals surface area contributed by atoms with Gasteiger partial charge < -0.3 is 9.88 Å². The summed E-state index contributed by atoms with van der Waals surface area (Å²) in [7, 11) is 0. The highest BCUT2D eigenvalue weighted by Gasteiger charge is 2.17. The number of fused-ring (bicyclic) bond motifs is 1. The van der Waals surface area contributed by atoms with E-state index in [0.717, 1.165) is 42.9 Å². The number of amides is 1. The number of hydrogen-bond acceptors (Lipinski definition) is 4. The molecule has 30 heavy (non-hydrogen) atoms. The lowest BCUT2D eigenvalue weighted by Crippen LogP contribution is -2.30. The summed E-state index contributed by atoms with van der Waals surface area (Å²) < 4.78 is 5.10. The van der Waals surface area contributed by atoms with Crippen LogP contribution in [0, 0.1) is 0 Å². The summed E-state index contributed by atoms with van der Waals surface area (Å²) in [6, 6.07) is 7.75. The smallest absolute Gasteiger partial charge is 0.330 e. The number of hydrogen-bond donors (Lipinski definition) is 1. The Kier molecular flexibility index (Phi) is 5.83. The number of carbonyl (C=O) groups is 1. The standard InChI is InChI=1S/C22H28N6O2/c1-16(2)21-23-10-12-26(21)14-17-7-6-8-18(13-17)24-20(29)15-28-22(30)27-11-5-3-4-9-19(27)25-28/h6-8,10,12-13,16H,3-5,9,11,14-15H2,1-2H3,(H,24,29). The molecule has 8 nitrogen and oxygen atoms in total. The Bertz CT molecular complexity index is 1090. The molecule has 0 fully saturated rings. The van der Waals surface area contributed by atoms with E-state index in [2.05, 4.69) is 33.8 Å². The van der Waals surface area contributed by atoms with E-state index >= 15 is 0 Å². The molecule has 0 radical (unpaired) electrons. The fraction of sp³-hybridized carbons (Fsp3) is 0.455. The normalized spacial score (nSPS) is 13.8. The number of aryl methyl sites for hydroxylation is 1. The minimum absolute atomic E-state index is 0.0813. The summed E-state index contributed by atoms with van der Waals surface area (Å²) in [5.74, 6) is 1.90. The first-order valence-electron chi connectivity index (χ1n) is 10.6. The highest BCUT2D eigenvalue weighted by Crippen LogP contribution is 2.16. The molecule has 8 heteroatoms. The average Bonchev–Trinajstić information content (AvgIpc) is 3.19. The van der Waals surface area contributed by atoms with Gasteiger partial charge in [-0.05, 0) is 30.5 Å². The third-order valence-corrected chi connectivity index (χ3v) is 5.40. The second-order valence-electron chi connectivity index (χ2n) is 8.14. The summed E-state index contributed by atoms with van der Waals surface area (Å²) in [6.07, 6.45) is 7.69. The van der Waals surface area contributed by atoms with Crippen molar-refractivity contribution in [3.63, 3.8) is 0 Å². The van der Waals surface area contributed by atoms with E-state index in [0.29, 0.717) is 24.7 Å². The molecule has 3 aromatic rings. The largest absolute Gasteiger partial charge is 0.346 e. The number of benzene rings is 1. The number of aromatic nitrogens is 5. The van der Waals surface area contributed by atoms with E-state index in [-0.39, 0.29) is 18.1 Å². The Morgan fingerprint density at radius 2 is 2.10 bits per heavy atom. The molecule has 0 saturated carbocycles. The SMILES string of the molecule is CC(C)c1nccn1Cc1cccc(NC(=O)Cn2nc3n(c2=O)CCCCC3)c1. The molecule has 0 bridgehead atoms. The molecule has 0 saturated heterocycles. The molecule has 3 heterocycles. The van der Waals surface area contributed by atoms with Crippen LogP contribution in [-0.4, -0.2) is 29.8 Å². The Hall–Kier alpha value is -3.16. The first-order valence-corrected chi connectivity index (χ1v) is 10.6. The molecule has 1 aliphatic heterocycles. The van der Waals surface area contributed by atoms with Gasteiger partial charge in [-0.25, -0.2) is 14.5 Å². The van der Waals surface area contributed by atoms with Crippen molar-refractivity contribution in [1.29, 1.82) is 0 Å². The van der Waals surface area contributed by atoms with Gasteiger partial charge in [0.25, 0.3) is 0 Å². The van der Waals surface area contributed by atoms with Gasteiger partial charge >= 0.3 is 5.69 Å². The Labute approximate surface area is 175 Å². The zero-order valence-electron chi connectivity index (χ0n) is 17.5. The van der Waals surface area contributed by atoms with Crippen molar-refractivity contribution < 1.29 is 4.79 Å². The second-order valence-corrected chi connectivity index (χ2v) is 8.14. The number of anilines is 1. The Morgan fingerprint density at radius 1 is 1.23 bits per heavy atom. The maximum atomic E-state index is 12.6. The first kappa shape index (κ1) is 20.1. The topological polar surface area (TPSA) is 86.7 Å². The fourth-order valence-corrected chi connectivity index (χ4v) is 3.96. The molecular formula is C22H28N6O2. The molecule has 1 amide bonds. The Balaban J connectivity index is 1.44. The lowest BCUT2D eigenvalue weighted by Gasteiger charge is -2.12. The molecule has 158 valence electrons. The minimum Gasteiger partial charge on any atom is -0.330 e. The monoisotopic (exact) mass is 408 g/mol. The van der Waals surface area contributed by atoms with Crippen molar-refractivity contribution in [3.05, 3.63) is 64.4 Å². The molecule has 1 aliphatic rings. The molecule has 0 atom stereocenters. The first-order chi connectivity index (χ1) is 14.5. The van der Waals surface area contributed by atoms with Crippen molar-refractivity contribution in [2.24, 2.45) is 0 Å². The van der Waals surface area contributed by atoms with Crippen molar-refractivity contribution >= 4 is 11.6 Å². The van der Waals surface area contributed by atoms with Crippen LogP contribution in [0.5, 0.6) is 0 Å². The Morgan fingerprint density at radius 3 is 2.93 bits per heavy atom. The van der Waals surface area contributed by atoms with Gasteiger partial charge in [0, 0.05) is 43.5 Å². The van der Waals surface area contributed by atoms with Crippen LogP contribution in [0.2, 0.25) is 0 Å². The van der Waals surface area contributed by atoms with Crippen molar-refractivity contribution in [2.45, 2.75) is 65.1 Å². The van der Waals surface area contributed by atoms with Crippen LogP contribution < -0.4 is 11.0 Å². The van der Waals surface area contributed by atoms with Crippen LogP contribution in [0.15, 0.2) is 41.5 Å². The summed E-state index contributed by atoms with van der Waals surface area (Å²) in [5, 5.41) is 7.28. The van der Waals surface area contributed by atoms with Gasteiger partial charge in [-0.2, -0.15) is 5.10 Å². The molecular weight excluding hydrogens is 380 g/mol. The van der Waals surface area contributed by atoms with Crippen molar-refractivity contribution in [3.8, 4) is 0 Å². The highest BCUT2D eigenvalue weighted by molar-refractivity contribution is 5.90. The summed E-state index contributed by atoms with van der Waals surface area (Å²) >= 11 is 0. The van der Waals surface area contributed by atoms with Crippen LogP contribution in [0.4, 0.5) is 5.69 Å². The maximum Gasteiger partial charge on any atom is 0.346 e. The van der Waals surface area contributed by atoms with Crippen molar-refractivity contribution in [1.82, 2.24) is 23.9 Å². The van der Waals surface area contributed by atoms with Crippen LogP contribution in [0.25, 0.3) is 0 Å². The lowest BCUT2D eigenvalue weighted by atomic mass is 10.1. The van der Waals surface area contributed by atoms with Crippen LogP contribution in [0.3, 0.4) is 0 Å². The lowest BCUT2D eigenvalue weighted by molar-refractivity contribution is -0.117. The zero-order valence-corrected chi connectivity index (χ0v) is 17.5. The maximum absolute atomic E-state index is 12.6. The van der Waals surface area contributed by atoms with Crippen molar-refractivity contribution in [2.75, 3.05) is 5.32 Å². The van der Waals surface area contributed by atoms with Gasteiger partial charge in [-0.1, -0.05) is 32.4 Å². The number of nitrogens with zero attached hydrogens (tertiary/aromatic N) is 5. The van der Waals surface area contributed by atoms with E-state index in [4.69, 9.17) is 0 Å². The van der Waals surface area contributed by atoms with Crippen LogP contribution in [-0.2, 0) is 30.8 Å². The summed E-state index contributed by atoms with van der Waals surface area (Å²) in [6.45, 7) is 5.52. The van der Waals surface area contributed by atoms with Gasteiger partial charge in [0.15, 0.2) is 0 Å². The summed E-state index contributed by atoms with van der Waals surface area (Å²) in [4.78, 5) is 29.5. The second kappa shape index (κ2) is 8.69. The van der Waals surface area contributed by atoms with E-state index in [9.17, 15) is 9.59 Å². The predicted octanol–water partition coefficient (Wildman–Crippen LogP) is 2.78. The molecule has 2 aromatic heterocycles. The van der Waals surface area contributed by atoms with Crippen LogP contribution in [0.1, 0.15) is 56.2 Å². The number of imidazole rings is 1. The molecule has 0 unspecified atom stereocenters. The molecule has 1 N–H and O–H groups in total. The third kappa shape index (κ3) is 4.37. The quantitative estimate of drug-likeness (QED) is 0.679. The van der Waals surface area contributed by atoms with E-state index in [1.807, 2.05) is 36.7 Å². The molecule has 0 spiro atoms. The highest BCUT2D eigenvalue weighted by atomic mass is 16.2. The zero-order chi connectivity index (χ0) is 21.1. The predicted molar refractivity (Wildman–Crippen MR) is 115 cm³/mol. The molecule has 4 rings (SSSR count). The third-order valence-electron chi connectivity index (χ3n) is 5.40. The van der Waals surface area contributed by atoms with E-state index in [1.54, 1.807) is 4.57 Å². The van der Waals surface area contributed by atoms with Crippen LogP contribution >= 0.6 is 0 Å². The van der Waals surface area contributed by atoms with Gasteiger partial charge in [0.1, 0.15) is 18.2 Å². The van der Waals surface area contributed by atoms with Gasteiger partial charge in [-0.3, -0.25) is 9.36 Å². The van der Waals surface area contributed by atoms with Gasteiger partial charge in [0.05, 0.1) is 0 Å². The number of nitrogens with one attached hydrogen (secondary N) is 1. The molecule has 1 aromatic carbocycles. The summed E-state index contributed by atoms with van der Waals surface area (Å²) in [5.41, 5.74) is 1.58. The average molecular weight is 409 g/mol. The molecule has 0 aliphatic carbocycles. The minimum atomic E-state index is -0.256. The number of rotatable bonds is 6. The number of carbonyl (C=O) groups excluding carboxylic acids is 1. The van der Waals surface area contributed by atoms with Gasteiger partial charge in [-0.15, -0.1) is 0 Å². The van der Waals surface area contributed by atoms with E-state index < -0.39 is 0 Å². The fourth-order valence-electron chi connectivity index (χ4n) is 3.96.